The third-order valence-corrected chi connectivity index (χ3v) is 3.05. The molecule has 0 unspecified atom stereocenters. The second-order valence-corrected chi connectivity index (χ2v) is 4.71. The number of nitrogens with one attached hydrogen (secondary N) is 2. The molecular weight excluding hydrogens is 272 g/mol. The minimum absolute atomic E-state index is 0.622. The lowest BCUT2D eigenvalue weighted by atomic mass is 10.2. The van der Waals surface area contributed by atoms with Crippen LogP contribution < -0.4 is 10.6 Å². The summed E-state index contributed by atoms with van der Waals surface area (Å²) in [5.41, 5.74) is 1.03. The van der Waals surface area contributed by atoms with E-state index >= 15 is 0 Å². The van der Waals surface area contributed by atoms with Crippen molar-refractivity contribution in [3.63, 3.8) is 0 Å². The van der Waals surface area contributed by atoms with Crippen molar-refractivity contribution in [2.75, 3.05) is 17.2 Å². The number of aryl methyl sites for hydroxylation is 1. The van der Waals surface area contributed by atoms with Crippen molar-refractivity contribution < 1.29 is 0 Å². The van der Waals surface area contributed by atoms with Crippen molar-refractivity contribution in [3.05, 3.63) is 59.4 Å². The molecule has 5 heteroatoms. The van der Waals surface area contributed by atoms with Crippen molar-refractivity contribution in [2.24, 2.45) is 0 Å². The SMILES string of the molecule is C=CCNc1cc(NCc2ccccc2Cl)nc(C)n1. The van der Waals surface area contributed by atoms with Gasteiger partial charge in [0, 0.05) is 24.2 Å². The number of aromatic nitrogens is 2. The highest BCUT2D eigenvalue weighted by molar-refractivity contribution is 6.31. The van der Waals surface area contributed by atoms with Gasteiger partial charge in [-0.2, -0.15) is 0 Å². The first kappa shape index (κ1) is 14.3. The molecule has 0 amide bonds. The minimum Gasteiger partial charge on any atom is -0.366 e. The van der Waals surface area contributed by atoms with Crippen molar-refractivity contribution in [2.45, 2.75) is 13.5 Å². The van der Waals surface area contributed by atoms with Crippen LogP contribution in [0.25, 0.3) is 0 Å². The van der Waals surface area contributed by atoms with Crippen LogP contribution in [0, 0.1) is 6.92 Å². The maximum absolute atomic E-state index is 6.13. The molecule has 0 bridgehead atoms. The topological polar surface area (TPSA) is 49.8 Å². The van der Waals surface area contributed by atoms with Gasteiger partial charge in [-0.05, 0) is 18.6 Å². The summed E-state index contributed by atoms with van der Waals surface area (Å²) < 4.78 is 0. The summed E-state index contributed by atoms with van der Waals surface area (Å²) in [6, 6.07) is 9.61. The fourth-order valence-corrected chi connectivity index (χ4v) is 1.96. The highest BCUT2D eigenvalue weighted by atomic mass is 35.5. The van der Waals surface area contributed by atoms with Gasteiger partial charge < -0.3 is 10.6 Å². The Morgan fingerprint density at radius 2 is 1.90 bits per heavy atom. The van der Waals surface area contributed by atoms with Gasteiger partial charge in [-0.3, -0.25) is 0 Å². The summed E-state index contributed by atoms with van der Waals surface area (Å²) in [4.78, 5) is 8.66. The quantitative estimate of drug-likeness (QED) is 0.797. The fraction of sp³-hybridized carbons (Fsp3) is 0.200. The Morgan fingerprint density at radius 3 is 2.60 bits per heavy atom. The molecule has 0 fully saturated rings. The Labute approximate surface area is 123 Å². The first-order chi connectivity index (χ1) is 9.69. The predicted octanol–water partition coefficient (Wildman–Crippen LogP) is 3.65. The molecule has 2 N–H and O–H groups in total. The highest BCUT2D eigenvalue weighted by Gasteiger charge is 2.03. The minimum atomic E-state index is 0.622. The third kappa shape index (κ3) is 3.96. The van der Waals surface area contributed by atoms with Crippen LogP contribution in [0.4, 0.5) is 11.6 Å². The van der Waals surface area contributed by atoms with Gasteiger partial charge >= 0.3 is 0 Å². The molecule has 2 aromatic rings. The lowest BCUT2D eigenvalue weighted by Crippen LogP contribution is -2.07. The van der Waals surface area contributed by atoms with Crippen LogP contribution in [0.1, 0.15) is 11.4 Å². The van der Waals surface area contributed by atoms with Crippen molar-refractivity contribution >= 4 is 23.2 Å². The van der Waals surface area contributed by atoms with Crippen molar-refractivity contribution in [1.82, 2.24) is 9.97 Å². The summed E-state index contributed by atoms with van der Waals surface area (Å²) in [5, 5.41) is 7.15. The summed E-state index contributed by atoms with van der Waals surface area (Å²) >= 11 is 6.13. The van der Waals surface area contributed by atoms with Crippen LogP contribution in [0.3, 0.4) is 0 Å². The molecule has 104 valence electrons. The Balaban J connectivity index is 2.07. The molecule has 0 saturated heterocycles. The molecule has 0 aliphatic rings. The maximum Gasteiger partial charge on any atom is 0.132 e. The zero-order chi connectivity index (χ0) is 14.4. The standard InChI is InChI=1S/C15H17ClN4/c1-3-8-17-14-9-15(20-11(2)19-14)18-10-12-6-4-5-7-13(12)16/h3-7,9H,1,8,10H2,2H3,(H2,17,18,19,20). The number of halogens is 1. The molecule has 0 saturated carbocycles. The van der Waals surface area contributed by atoms with E-state index in [1.165, 1.54) is 0 Å². The first-order valence-electron chi connectivity index (χ1n) is 6.37. The van der Waals surface area contributed by atoms with Crippen LogP contribution >= 0.6 is 11.6 Å². The number of hydrogen-bond acceptors (Lipinski definition) is 4. The van der Waals surface area contributed by atoms with Gasteiger partial charge in [0.2, 0.25) is 0 Å². The summed E-state index contributed by atoms with van der Waals surface area (Å²) in [6.45, 7) is 6.82. The lowest BCUT2D eigenvalue weighted by Gasteiger charge is -2.10. The van der Waals surface area contributed by atoms with Crippen LogP contribution in [0.5, 0.6) is 0 Å². The Kier molecular flexibility index (Phi) is 4.96. The van der Waals surface area contributed by atoms with Crippen LogP contribution in [0.2, 0.25) is 5.02 Å². The molecule has 0 atom stereocenters. The zero-order valence-corrected chi connectivity index (χ0v) is 12.1. The van der Waals surface area contributed by atoms with Crippen LogP contribution in [-0.4, -0.2) is 16.5 Å². The van der Waals surface area contributed by atoms with E-state index in [1.807, 2.05) is 37.3 Å². The van der Waals surface area contributed by atoms with Gasteiger partial charge in [0.15, 0.2) is 0 Å². The molecule has 1 aromatic heterocycles. The van der Waals surface area contributed by atoms with Gasteiger partial charge in [-0.25, -0.2) is 9.97 Å². The fourth-order valence-electron chi connectivity index (χ4n) is 1.75. The molecule has 0 radical (unpaired) electrons. The number of benzene rings is 1. The summed E-state index contributed by atoms with van der Waals surface area (Å²) in [5.74, 6) is 2.25. The molecule has 20 heavy (non-hydrogen) atoms. The molecule has 1 aromatic carbocycles. The number of nitrogens with zero attached hydrogens (tertiary/aromatic N) is 2. The Hall–Kier alpha value is -2.07. The smallest absolute Gasteiger partial charge is 0.132 e. The van der Waals surface area contributed by atoms with Crippen LogP contribution in [0.15, 0.2) is 43.0 Å². The van der Waals surface area contributed by atoms with E-state index in [4.69, 9.17) is 11.6 Å². The van der Waals surface area contributed by atoms with Gasteiger partial charge in [-0.15, -0.1) is 6.58 Å². The molecule has 0 spiro atoms. The predicted molar refractivity (Wildman–Crippen MR) is 84.2 cm³/mol. The summed E-state index contributed by atoms with van der Waals surface area (Å²) in [6.07, 6.45) is 1.79. The maximum atomic E-state index is 6.13. The Bertz CT molecular complexity index is 598. The number of anilines is 2. The average molecular weight is 289 g/mol. The molecule has 4 nitrogen and oxygen atoms in total. The summed E-state index contributed by atoms with van der Waals surface area (Å²) in [7, 11) is 0. The van der Waals surface area contributed by atoms with Gasteiger partial charge in [-0.1, -0.05) is 35.9 Å². The van der Waals surface area contributed by atoms with E-state index in [0.29, 0.717) is 18.9 Å². The Morgan fingerprint density at radius 1 is 1.20 bits per heavy atom. The normalized spacial score (nSPS) is 10.1. The monoisotopic (exact) mass is 288 g/mol. The van der Waals surface area contributed by atoms with Crippen molar-refractivity contribution in [3.8, 4) is 0 Å². The third-order valence-electron chi connectivity index (χ3n) is 2.68. The number of hydrogen-bond donors (Lipinski definition) is 2. The largest absolute Gasteiger partial charge is 0.366 e. The lowest BCUT2D eigenvalue weighted by molar-refractivity contribution is 1.02. The van der Waals surface area contributed by atoms with Gasteiger partial charge in [0.1, 0.15) is 17.5 Å². The second-order valence-electron chi connectivity index (χ2n) is 4.30. The van der Waals surface area contributed by atoms with Gasteiger partial charge in [0.25, 0.3) is 0 Å². The molecule has 2 rings (SSSR count). The average Bonchev–Trinajstić information content (AvgIpc) is 2.44. The van der Waals surface area contributed by atoms with Gasteiger partial charge in [0.05, 0.1) is 0 Å². The molecule has 0 aliphatic carbocycles. The van der Waals surface area contributed by atoms with Crippen molar-refractivity contribution in [1.29, 1.82) is 0 Å². The molecule has 0 aliphatic heterocycles. The molecular formula is C15H17ClN4. The number of rotatable bonds is 6. The molecule has 1 heterocycles. The van der Waals surface area contributed by atoms with Crippen LogP contribution in [-0.2, 0) is 6.54 Å². The van der Waals surface area contributed by atoms with E-state index in [9.17, 15) is 0 Å². The zero-order valence-electron chi connectivity index (χ0n) is 11.4. The highest BCUT2D eigenvalue weighted by Crippen LogP contribution is 2.17. The first-order valence-corrected chi connectivity index (χ1v) is 6.74. The van der Waals surface area contributed by atoms with E-state index in [1.54, 1.807) is 6.08 Å². The second kappa shape index (κ2) is 6.91. The van der Waals surface area contributed by atoms with E-state index in [-0.39, 0.29) is 0 Å². The van der Waals surface area contributed by atoms with E-state index in [0.717, 1.165) is 22.2 Å². The van der Waals surface area contributed by atoms with E-state index in [2.05, 4.69) is 27.2 Å². The van der Waals surface area contributed by atoms with E-state index < -0.39 is 0 Å².